The zero-order valence-corrected chi connectivity index (χ0v) is 29.1. The molecule has 2 aliphatic carbocycles. The van der Waals surface area contributed by atoms with Gasteiger partial charge in [-0.25, -0.2) is 4.79 Å². The van der Waals surface area contributed by atoms with Gasteiger partial charge in [0, 0.05) is 42.6 Å². The Bertz CT molecular complexity index is 1330. The van der Waals surface area contributed by atoms with E-state index in [1.54, 1.807) is 7.11 Å². The first-order valence-corrected chi connectivity index (χ1v) is 18.8. The van der Waals surface area contributed by atoms with Gasteiger partial charge in [-0.05, 0) is 70.4 Å². The quantitative estimate of drug-likeness (QED) is 0.115. The Labute approximate surface area is 283 Å². The minimum atomic E-state index is -0.349. The first-order chi connectivity index (χ1) is 22.8. The summed E-state index contributed by atoms with van der Waals surface area (Å²) in [6, 6.07) is 0.985. The Morgan fingerprint density at radius 1 is 1.00 bits per heavy atom. The molecule has 4 atom stereocenters. The summed E-state index contributed by atoms with van der Waals surface area (Å²) >= 11 is 1.93. The number of rotatable bonds is 12. The van der Waals surface area contributed by atoms with Crippen LogP contribution in [0.25, 0.3) is 0 Å². The third-order valence-electron chi connectivity index (χ3n) is 10.3. The van der Waals surface area contributed by atoms with Crippen molar-refractivity contribution < 1.29 is 14.3 Å². The molecular formula is C34H53N9O3S. The number of urea groups is 1. The van der Waals surface area contributed by atoms with E-state index in [1.165, 1.54) is 25.7 Å². The number of amides is 3. The third kappa shape index (κ3) is 8.83. The molecule has 3 aliphatic heterocycles. The Balaban J connectivity index is 1.01. The minimum Gasteiger partial charge on any atom is -0.497 e. The number of likely N-dealkylation sites (tertiary alicyclic amines) is 1. The molecule has 0 aromatic carbocycles. The first kappa shape index (κ1) is 33.7. The van der Waals surface area contributed by atoms with Crippen LogP contribution in [0.5, 0.6) is 0 Å². The van der Waals surface area contributed by atoms with Gasteiger partial charge in [0.25, 0.3) is 0 Å². The van der Waals surface area contributed by atoms with Crippen LogP contribution in [0.15, 0.2) is 23.5 Å². The van der Waals surface area contributed by atoms with Crippen LogP contribution in [0.2, 0.25) is 0 Å². The van der Waals surface area contributed by atoms with E-state index >= 15 is 0 Å². The van der Waals surface area contributed by atoms with Crippen LogP contribution in [0.1, 0.15) is 97.3 Å². The van der Waals surface area contributed by atoms with Crippen molar-refractivity contribution in [3.63, 3.8) is 0 Å². The molecule has 258 valence electrons. The fraction of sp³-hybridized carbons (Fsp3) is 0.735. The van der Waals surface area contributed by atoms with Gasteiger partial charge >= 0.3 is 6.03 Å². The molecule has 1 aromatic heterocycles. The van der Waals surface area contributed by atoms with Crippen molar-refractivity contribution in [2.75, 3.05) is 41.9 Å². The average molecular weight is 668 g/mol. The van der Waals surface area contributed by atoms with Crippen LogP contribution in [-0.4, -0.2) is 92.7 Å². The molecule has 5 aliphatic rings. The number of thioether (sulfide) groups is 1. The minimum absolute atomic E-state index is 0.0433. The van der Waals surface area contributed by atoms with E-state index in [0.29, 0.717) is 35.6 Å². The van der Waals surface area contributed by atoms with Gasteiger partial charge in [-0.2, -0.15) is 26.7 Å². The van der Waals surface area contributed by atoms with Crippen molar-refractivity contribution in [1.82, 2.24) is 30.5 Å². The van der Waals surface area contributed by atoms with Crippen LogP contribution in [0, 0.1) is 0 Å². The monoisotopic (exact) mass is 667 g/mol. The van der Waals surface area contributed by atoms with Crippen molar-refractivity contribution in [1.29, 1.82) is 0 Å². The number of nitrogens with one attached hydrogen (secondary N) is 5. The second-order valence-electron chi connectivity index (χ2n) is 14.2. The van der Waals surface area contributed by atoms with E-state index in [-0.39, 0.29) is 35.6 Å². The lowest BCUT2D eigenvalue weighted by molar-refractivity contribution is -0.132. The normalized spacial score (nSPS) is 28.4. The van der Waals surface area contributed by atoms with Gasteiger partial charge < -0.3 is 36.2 Å². The largest absolute Gasteiger partial charge is 0.497 e. The SMILES string of the molecule is COC1=CCC(C)(Nc2nc(NC3CCCCCC3)nc(NC3CCN(C(=O)CCCCC4SCC5NC(=O)NC54)CC3)n2)C=C1C. The summed E-state index contributed by atoms with van der Waals surface area (Å²) in [5, 5.41) is 17.3. The molecule has 6 rings (SSSR count). The molecule has 13 heteroatoms. The summed E-state index contributed by atoms with van der Waals surface area (Å²) < 4.78 is 5.51. The smallest absolute Gasteiger partial charge is 0.315 e. The van der Waals surface area contributed by atoms with E-state index in [9.17, 15) is 9.59 Å². The molecule has 1 saturated carbocycles. The van der Waals surface area contributed by atoms with Crippen molar-refractivity contribution in [2.45, 2.75) is 132 Å². The fourth-order valence-electron chi connectivity index (χ4n) is 7.71. The Kier molecular flexibility index (Phi) is 11.0. The van der Waals surface area contributed by atoms with Gasteiger partial charge in [0.1, 0.15) is 5.76 Å². The van der Waals surface area contributed by atoms with Gasteiger partial charge in [0.2, 0.25) is 23.8 Å². The Morgan fingerprint density at radius 2 is 1.68 bits per heavy atom. The van der Waals surface area contributed by atoms with Crippen molar-refractivity contribution in [3.05, 3.63) is 23.5 Å². The van der Waals surface area contributed by atoms with Crippen molar-refractivity contribution >= 4 is 41.5 Å². The Morgan fingerprint density at radius 3 is 2.36 bits per heavy atom. The van der Waals surface area contributed by atoms with E-state index in [4.69, 9.17) is 19.7 Å². The Hall–Kier alpha value is -3.22. The highest BCUT2D eigenvalue weighted by Gasteiger charge is 2.42. The molecule has 1 aromatic rings. The van der Waals surface area contributed by atoms with Gasteiger partial charge in [-0.1, -0.05) is 38.2 Å². The number of piperidine rings is 1. The summed E-state index contributed by atoms with van der Waals surface area (Å²) in [5.41, 5.74) is 0.736. The second-order valence-corrected chi connectivity index (χ2v) is 15.4. The van der Waals surface area contributed by atoms with Gasteiger partial charge in [0.05, 0.1) is 24.7 Å². The molecule has 5 N–H and O–H groups in total. The number of carbonyl (C=O) groups is 2. The summed E-state index contributed by atoms with van der Waals surface area (Å²) in [6.07, 6.45) is 17.6. The third-order valence-corrected chi connectivity index (χ3v) is 11.8. The highest BCUT2D eigenvalue weighted by molar-refractivity contribution is 8.00. The lowest BCUT2D eigenvalue weighted by Gasteiger charge is -2.33. The standard InChI is InChI=1S/C34H53N9O3S/c1-22-20-34(2,17-14-26(22)46-3)42-32-40-30(35-23-10-6-4-5-7-11-23)39-31(41-32)36-24-15-18-43(19-16-24)28(44)13-9-8-12-27-29-25(21-47-27)37-33(45)38-29/h14,20,23-25,27,29H,4-13,15-19,21H2,1-3H3,(H2,37,38,45)(H3,35,36,39,40,41,42). The average Bonchev–Trinajstić information content (AvgIpc) is 3.48. The van der Waals surface area contributed by atoms with E-state index in [2.05, 4.69) is 52.6 Å². The van der Waals surface area contributed by atoms with Crippen LogP contribution >= 0.6 is 11.8 Å². The number of ether oxygens (including phenoxy) is 1. The van der Waals surface area contributed by atoms with Crippen LogP contribution < -0.4 is 26.6 Å². The number of nitrogens with zero attached hydrogens (tertiary/aromatic N) is 4. The van der Waals surface area contributed by atoms with Gasteiger partial charge in [-0.3, -0.25) is 4.79 Å². The zero-order chi connectivity index (χ0) is 32.8. The number of fused-ring (bicyclic) bond motifs is 1. The predicted molar refractivity (Wildman–Crippen MR) is 188 cm³/mol. The molecule has 4 fully saturated rings. The van der Waals surface area contributed by atoms with Crippen LogP contribution in [0.3, 0.4) is 0 Å². The van der Waals surface area contributed by atoms with Crippen LogP contribution in [0.4, 0.5) is 22.6 Å². The van der Waals surface area contributed by atoms with Crippen LogP contribution in [-0.2, 0) is 9.53 Å². The number of hydrogen-bond acceptors (Lipinski definition) is 10. The molecule has 0 spiro atoms. The maximum absolute atomic E-state index is 13.0. The molecule has 4 unspecified atom stereocenters. The van der Waals surface area contributed by atoms with Gasteiger partial charge in [-0.15, -0.1) is 0 Å². The molecule has 12 nitrogen and oxygen atoms in total. The zero-order valence-electron chi connectivity index (χ0n) is 28.3. The molecule has 47 heavy (non-hydrogen) atoms. The highest BCUT2D eigenvalue weighted by atomic mass is 32.2. The fourth-order valence-corrected chi connectivity index (χ4v) is 9.25. The topological polar surface area (TPSA) is 145 Å². The summed E-state index contributed by atoms with van der Waals surface area (Å²) in [7, 11) is 1.71. The number of unbranched alkanes of at least 4 members (excludes halogenated alkanes) is 1. The summed E-state index contributed by atoms with van der Waals surface area (Å²) in [5.74, 6) is 3.84. The molecule has 0 radical (unpaired) electrons. The van der Waals surface area contributed by atoms with Gasteiger partial charge in [0.15, 0.2) is 0 Å². The number of hydrogen-bond donors (Lipinski definition) is 5. The van der Waals surface area contributed by atoms with E-state index in [0.717, 1.165) is 81.5 Å². The second kappa shape index (κ2) is 15.3. The summed E-state index contributed by atoms with van der Waals surface area (Å²) in [4.78, 5) is 41.2. The number of anilines is 3. The molecule has 3 saturated heterocycles. The predicted octanol–water partition coefficient (Wildman–Crippen LogP) is 5.19. The molecular weight excluding hydrogens is 615 g/mol. The molecule has 4 heterocycles. The van der Waals surface area contributed by atoms with Crippen molar-refractivity contribution in [3.8, 4) is 0 Å². The molecule has 0 bridgehead atoms. The van der Waals surface area contributed by atoms with E-state index in [1.807, 2.05) is 16.7 Å². The summed E-state index contributed by atoms with van der Waals surface area (Å²) in [6.45, 7) is 5.67. The number of allylic oxidation sites excluding steroid dienone is 1. The number of methoxy groups -OCH3 is 1. The maximum Gasteiger partial charge on any atom is 0.315 e. The molecule has 3 amide bonds. The lowest BCUT2D eigenvalue weighted by atomic mass is 9.89. The lowest BCUT2D eigenvalue weighted by Crippen LogP contribution is -2.42. The van der Waals surface area contributed by atoms with Crippen molar-refractivity contribution in [2.24, 2.45) is 0 Å². The number of aromatic nitrogens is 3. The maximum atomic E-state index is 13.0. The van der Waals surface area contributed by atoms with E-state index < -0.39 is 0 Å². The number of carbonyl (C=O) groups excluding carboxylic acids is 2. The highest BCUT2D eigenvalue weighted by Crippen LogP contribution is 2.33. The first-order valence-electron chi connectivity index (χ1n) is 17.7.